The molecule has 2 N–H and O–H groups in total. The molecule has 1 aromatic rings. The zero-order valence-corrected chi connectivity index (χ0v) is 17.3. The van der Waals surface area contributed by atoms with E-state index < -0.39 is 14.6 Å². The monoisotopic (exact) mass is 423 g/mol. The molecule has 2 saturated heterocycles. The highest BCUT2D eigenvalue weighted by molar-refractivity contribution is 7.92. The fourth-order valence-corrected chi connectivity index (χ4v) is 5.01. The van der Waals surface area contributed by atoms with Gasteiger partial charge in [-0.15, -0.1) is 24.8 Å². The lowest BCUT2D eigenvalue weighted by atomic mass is 9.95. The predicted octanol–water partition coefficient (Wildman–Crippen LogP) is 1.39. The van der Waals surface area contributed by atoms with Crippen LogP contribution in [0.4, 0.5) is 5.69 Å². The van der Waals surface area contributed by atoms with E-state index in [1.165, 1.54) is 6.26 Å². The topological polar surface area (TPSA) is 78.5 Å². The summed E-state index contributed by atoms with van der Waals surface area (Å²) in [5.41, 5.74) is 1.13. The number of hydrogen-bond donors (Lipinski definition) is 2. The van der Waals surface area contributed by atoms with Crippen LogP contribution in [0.25, 0.3) is 0 Å². The van der Waals surface area contributed by atoms with Gasteiger partial charge in [-0.1, -0.05) is 18.2 Å². The average Bonchev–Trinajstić information content (AvgIpc) is 3.04. The van der Waals surface area contributed by atoms with Gasteiger partial charge in [0, 0.05) is 31.1 Å². The predicted molar refractivity (Wildman–Crippen MR) is 109 cm³/mol. The van der Waals surface area contributed by atoms with Crippen molar-refractivity contribution in [1.29, 1.82) is 0 Å². The number of rotatable bonds is 4. The van der Waals surface area contributed by atoms with Crippen molar-refractivity contribution in [3.8, 4) is 0 Å². The maximum Gasteiger partial charge on any atom is 0.241 e. The number of anilines is 1. The molecule has 1 atom stereocenters. The van der Waals surface area contributed by atoms with Crippen LogP contribution < -0.4 is 15.5 Å². The molecule has 0 saturated carbocycles. The standard InChI is InChI=1S/C17H25N3O3S.2ClH/c1-24(22,23)17(8-10-18-11-9-17)16(21)19-14-7-12-20(13-14)15-5-3-2-4-6-15;;/h2-6,14,18H,7-13H2,1H3,(H,19,21);2*1H. The molecule has 2 heterocycles. The highest BCUT2D eigenvalue weighted by atomic mass is 35.5. The van der Waals surface area contributed by atoms with E-state index in [4.69, 9.17) is 0 Å². The smallest absolute Gasteiger partial charge is 0.241 e. The minimum absolute atomic E-state index is 0. The molecule has 1 amide bonds. The normalized spacial score (nSPS) is 22.0. The van der Waals surface area contributed by atoms with Crippen LogP contribution in [0.15, 0.2) is 30.3 Å². The third-order valence-electron chi connectivity index (χ3n) is 5.18. The van der Waals surface area contributed by atoms with Crippen molar-refractivity contribution >= 4 is 46.2 Å². The van der Waals surface area contributed by atoms with Gasteiger partial charge in [0.15, 0.2) is 14.6 Å². The van der Waals surface area contributed by atoms with Crippen molar-refractivity contribution in [1.82, 2.24) is 10.6 Å². The van der Waals surface area contributed by atoms with Gasteiger partial charge in [0.2, 0.25) is 5.91 Å². The third kappa shape index (κ3) is 4.63. The maximum absolute atomic E-state index is 12.8. The molecule has 1 unspecified atom stereocenters. The van der Waals surface area contributed by atoms with Gasteiger partial charge in [-0.05, 0) is 44.5 Å². The van der Waals surface area contributed by atoms with Gasteiger partial charge in [0.05, 0.1) is 0 Å². The Morgan fingerprint density at radius 1 is 1.19 bits per heavy atom. The molecular weight excluding hydrogens is 397 g/mol. The largest absolute Gasteiger partial charge is 0.369 e. The Bertz CT molecular complexity index is 694. The molecule has 2 aliphatic rings. The summed E-state index contributed by atoms with van der Waals surface area (Å²) in [7, 11) is -3.46. The molecule has 0 aliphatic carbocycles. The first-order valence-electron chi connectivity index (χ1n) is 8.44. The summed E-state index contributed by atoms with van der Waals surface area (Å²) in [6.45, 7) is 2.69. The molecule has 0 bridgehead atoms. The van der Waals surface area contributed by atoms with Crippen LogP contribution >= 0.6 is 24.8 Å². The Balaban J connectivity index is 0.00000169. The molecule has 148 valence electrons. The molecule has 0 spiro atoms. The van der Waals surface area contributed by atoms with Crippen LogP contribution in [0.1, 0.15) is 19.3 Å². The summed E-state index contributed by atoms with van der Waals surface area (Å²) in [5, 5.41) is 6.14. The van der Waals surface area contributed by atoms with Gasteiger partial charge >= 0.3 is 0 Å². The second-order valence-corrected chi connectivity index (χ2v) is 9.08. The van der Waals surface area contributed by atoms with Gasteiger partial charge in [0.1, 0.15) is 0 Å². The molecule has 2 fully saturated rings. The minimum atomic E-state index is -3.46. The van der Waals surface area contributed by atoms with Crippen LogP contribution in [0.5, 0.6) is 0 Å². The van der Waals surface area contributed by atoms with E-state index in [0.29, 0.717) is 32.5 Å². The number of nitrogens with zero attached hydrogens (tertiary/aromatic N) is 1. The van der Waals surface area contributed by atoms with Gasteiger partial charge in [-0.25, -0.2) is 8.42 Å². The van der Waals surface area contributed by atoms with Crippen molar-refractivity contribution in [3.05, 3.63) is 30.3 Å². The Hall–Kier alpha value is -1.02. The van der Waals surface area contributed by atoms with Crippen LogP contribution in [-0.2, 0) is 14.6 Å². The van der Waals surface area contributed by atoms with Crippen molar-refractivity contribution < 1.29 is 13.2 Å². The zero-order chi connectivity index (χ0) is 17.2. The Morgan fingerprint density at radius 2 is 1.81 bits per heavy atom. The van der Waals surface area contributed by atoms with Gasteiger partial charge in [-0.2, -0.15) is 0 Å². The third-order valence-corrected chi connectivity index (χ3v) is 7.19. The van der Waals surface area contributed by atoms with Gasteiger partial charge < -0.3 is 15.5 Å². The molecular formula is C17H27Cl2N3O3S. The van der Waals surface area contributed by atoms with Crippen molar-refractivity contribution in [2.75, 3.05) is 37.3 Å². The summed E-state index contributed by atoms with van der Waals surface area (Å²) >= 11 is 0. The Labute approximate surface area is 167 Å². The maximum atomic E-state index is 12.8. The quantitative estimate of drug-likeness (QED) is 0.764. The molecule has 6 nitrogen and oxygen atoms in total. The van der Waals surface area contributed by atoms with Crippen LogP contribution in [0, 0.1) is 0 Å². The second kappa shape index (κ2) is 9.26. The highest BCUT2D eigenvalue weighted by Gasteiger charge is 2.49. The summed E-state index contributed by atoms with van der Waals surface area (Å²) in [6.07, 6.45) is 2.70. The SMILES string of the molecule is CS(=O)(=O)C1(C(=O)NC2CCN(c3ccccc3)C2)CCNCC1.Cl.Cl. The Morgan fingerprint density at radius 3 is 2.38 bits per heavy atom. The molecule has 0 aromatic heterocycles. The molecule has 3 rings (SSSR count). The van der Waals surface area contributed by atoms with E-state index in [0.717, 1.165) is 18.7 Å². The number of amides is 1. The second-order valence-electron chi connectivity index (χ2n) is 6.76. The number of piperidine rings is 1. The number of nitrogens with one attached hydrogen (secondary N) is 2. The van der Waals surface area contributed by atoms with Gasteiger partial charge in [0.25, 0.3) is 0 Å². The number of hydrogen-bond acceptors (Lipinski definition) is 5. The van der Waals surface area contributed by atoms with E-state index in [1.807, 2.05) is 18.2 Å². The molecule has 9 heteroatoms. The van der Waals surface area contributed by atoms with Crippen molar-refractivity contribution in [3.63, 3.8) is 0 Å². The Kier molecular flexibility index (Phi) is 8.20. The summed E-state index contributed by atoms with van der Waals surface area (Å²) in [6, 6.07) is 10.1. The number of carbonyl (C=O) groups excluding carboxylic acids is 1. The first kappa shape index (κ1) is 23.0. The number of carbonyl (C=O) groups is 1. The fourth-order valence-electron chi connectivity index (χ4n) is 3.67. The molecule has 0 radical (unpaired) electrons. The molecule has 1 aromatic carbocycles. The highest BCUT2D eigenvalue weighted by Crippen LogP contribution is 2.29. The number of benzene rings is 1. The van der Waals surface area contributed by atoms with Crippen molar-refractivity contribution in [2.45, 2.75) is 30.1 Å². The number of para-hydroxylation sites is 1. The van der Waals surface area contributed by atoms with Crippen LogP contribution in [0.3, 0.4) is 0 Å². The summed E-state index contributed by atoms with van der Waals surface area (Å²) < 4.78 is 23.3. The first-order valence-corrected chi connectivity index (χ1v) is 10.3. The number of halogens is 2. The van der Waals surface area contributed by atoms with Crippen LogP contribution in [-0.4, -0.2) is 57.5 Å². The average molecular weight is 424 g/mol. The van der Waals surface area contributed by atoms with Crippen LogP contribution in [0.2, 0.25) is 0 Å². The fraction of sp³-hybridized carbons (Fsp3) is 0.588. The van der Waals surface area contributed by atoms with Crippen molar-refractivity contribution in [2.24, 2.45) is 0 Å². The number of sulfone groups is 1. The lowest BCUT2D eigenvalue weighted by Crippen LogP contribution is -2.59. The molecule has 2 aliphatic heterocycles. The van der Waals surface area contributed by atoms with E-state index in [9.17, 15) is 13.2 Å². The van der Waals surface area contributed by atoms with Gasteiger partial charge in [-0.3, -0.25) is 4.79 Å². The first-order chi connectivity index (χ1) is 11.4. The lowest BCUT2D eigenvalue weighted by Gasteiger charge is -2.35. The van der Waals surface area contributed by atoms with E-state index in [-0.39, 0.29) is 36.8 Å². The lowest BCUT2D eigenvalue weighted by molar-refractivity contribution is -0.124. The van der Waals surface area contributed by atoms with E-state index in [1.54, 1.807) is 0 Å². The minimum Gasteiger partial charge on any atom is -0.369 e. The summed E-state index contributed by atoms with van der Waals surface area (Å²) in [4.78, 5) is 15.1. The molecule has 26 heavy (non-hydrogen) atoms. The summed E-state index contributed by atoms with van der Waals surface area (Å²) in [5.74, 6) is -0.327. The zero-order valence-electron chi connectivity index (χ0n) is 14.8. The van der Waals surface area contributed by atoms with E-state index >= 15 is 0 Å². The van der Waals surface area contributed by atoms with E-state index in [2.05, 4.69) is 27.7 Å².